The van der Waals surface area contributed by atoms with Gasteiger partial charge >= 0.3 is 0 Å². The minimum Gasteiger partial charge on any atom is -0.497 e. The van der Waals surface area contributed by atoms with Crippen molar-refractivity contribution < 1.29 is 4.74 Å². The van der Waals surface area contributed by atoms with Crippen molar-refractivity contribution >= 4 is 29.0 Å². The fourth-order valence-electron chi connectivity index (χ4n) is 3.50. The summed E-state index contributed by atoms with van der Waals surface area (Å²) in [5.41, 5.74) is 5.13. The fourth-order valence-corrected chi connectivity index (χ4v) is 3.50. The first kappa shape index (κ1) is 18.9. The van der Waals surface area contributed by atoms with Gasteiger partial charge in [0.15, 0.2) is 0 Å². The molecule has 0 fully saturated rings. The molecule has 1 N–H and O–H groups in total. The highest BCUT2D eigenvalue weighted by Gasteiger charge is 2.18. The SMILES string of the molecule is CCCCCCNc1c2c(nc3ccc(OC)cc13)CCCC2.Cl. The molecule has 2 aromatic rings. The van der Waals surface area contributed by atoms with Gasteiger partial charge in [0.2, 0.25) is 0 Å². The largest absolute Gasteiger partial charge is 0.497 e. The van der Waals surface area contributed by atoms with Gasteiger partial charge < -0.3 is 10.1 Å². The minimum absolute atomic E-state index is 0. The van der Waals surface area contributed by atoms with Gasteiger partial charge in [-0.15, -0.1) is 12.4 Å². The Morgan fingerprint density at radius 3 is 2.75 bits per heavy atom. The number of hydrogen-bond acceptors (Lipinski definition) is 3. The number of benzene rings is 1. The van der Waals surface area contributed by atoms with E-state index in [-0.39, 0.29) is 12.4 Å². The molecule has 1 aliphatic rings. The van der Waals surface area contributed by atoms with Crippen LogP contribution in [0.1, 0.15) is 56.7 Å². The number of aromatic nitrogens is 1. The maximum Gasteiger partial charge on any atom is 0.119 e. The van der Waals surface area contributed by atoms with E-state index in [4.69, 9.17) is 9.72 Å². The Kier molecular flexibility index (Phi) is 7.16. The third-order valence-corrected chi connectivity index (χ3v) is 4.80. The van der Waals surface area contributed by atoms with E-state index >= 15 is 0 Å². The van der Waals surface area contributed by atoms with Crippen LogP contribution in [0.25, 0.3) is 10.9 Å². The Labute approximate surface area is 151 Å². The zero-order valence-corrected chi connectivity index (χ0v) is 15.7. The Morgan fingerprint density at radius 1 is 1.12 bits per heavy atom. The summed E-state index contributed by atoms with van der Waals surface area (Å²) < 4.78 is 5.42. The molecule has 0 aliphatic heterocycles. The fraction of sp³-hybridized carbons (Fsp3) is 0.550. The number of halogens is 1. The molecule has 0 atom stereocenters. The molecular formula is C20H29ClN2O. The predicted molar refractivity (Wildman–Crippen MR) is 105 cm³/mol. The molecule has 0 unspecified atom stereocenters. The quantitative estimate of drug-likeness (QED) is 0.667. The third-order valence-electron chi connectivity index (χ3n) is 4.80. The molecule has 24 heavy (non-hydrogen) atoms. The van der Waals surface area contributed by atoms with E-state index in [1.807, 2.05) is 6.07 Å². The van der Waals surface area contributed by atoms with Gasteiger partial charge in [-0.25, -0.2) is 0 Å². The van der Waals surface area contributed by atoms with Gasteiger partial charge in [0.25, 0.3) is 0 Å². The molecule has 0 amide bonds. The zero-order chi connectivity index (χ0) is 16.1. The van der Waals surface area contributed by atoms with Crippen molar-refractivity contribution in [2.75, 3.05) is 19.0 Å². The lowest BCUT2D eigenvalue weighted by atomic mass is 9.92. The van der Waals surface area contributed by atoms with E-state index in [0.717, 1.165) is 30.7 Å². The lowest BCUT2D eigenvalue weighted by molar-refractivity contribution is 0.415. The van der Waals surface area contributed by atoms with Crippen LogP contribution >= 0.6 is 12.4 Å². The molecule has 3 nitrogen and oxygen atoms in total. The van der Waals surface area contributed by atoms with Crippen LogP contribution in [0, 0.1) is 0 Å². The molecule has 1 heterocycles. The monoisotopic (exact) mass is 348 g/mol. The second-order valence-electron chi connectivity index (χ2n) is 6.49. The molecular weight excluding hydrogens is 320 g/mol. The van der Waals surface area contributed by atoms with Crippen molar-refractivity contribution in [2.24, 2.45) is 0 Å². The van der Waals surface area contributed by atoms with Crippen LogP contribution in [0.2, 0.25) is 0 Å². The summed E-state index contributed by atoms with van der Waals surface area (Å²) in [5, 5.41) is 4.94. The standard InChI is InChI=1S/C20H28N2O.ClH/c1-3-4-5-8-13-21-20-16-9-6-7-10-18(16)22-19-12-11-15(23-2)14-17(19)20;/h11-12,14H,3-10,13H2,1-2H3,(H,21,22);1H. The highest BCUT2D eigenvalue weighted by molar-refractivity contribution is 5.94. The van der Waals surface area contributed by atoms with Crippen LogP contribution in [0.15, 0.2) is 18.2 Å². The number of nitrogens with zero attached hydrogens (tertiary/aromatic N) is 1. The van der Waals surface area contributed by atoms with Gasteiger partial charge in [0.05, 0.1) is 12.6 Å². The third kappa shape index (κ3) is 4.13. The maximum atomic E-state index is 5.42. The van der Waals surface area contributed by atoms with Crippen molar-refractivity contribution in [3.8, 4) is 5.75 Å². The summed E-state index contributed by atoms with van der Waals surface area (Å²) in [5.74, 6) is 0.907. The number of methoxy groups -OCH3 is 1. The number of anilines is 1. The first-order valence-electron chi connectivity index (χ1n) is 9.07. The van der Waals surface area contributed by atoms with Crippen LogP contribution in [-0.2, 0) is 12.8 Å². The number of aryl methyl sites for hydroxylation is 1. The summed E-state index contributed by atoms with van der Waals surface area (Å²) in [7, 11) is 1.73. The molecule has 0 radical (unpaired) electrons. The second-order valence-corrected chi connectivity index (χ2v) is 6.49. The van der Waals surface area contributed by atoms with Crippen molar-refractivity contribution in [3.63, 3.8) is 0 Å². The van der Waals surface area contributed by atoms with E-state index in [2.05, 4.69) is 24.4 Å². The first-order chi connectivity index (χ1) is 11.3. The smallest absolute Gasteiger partial charge is 0.119 e. The Hall–Kier alpha value is -1.48. The lowest BCUT2D eigenvalue weighted by Gasteiger charge is -2.22. The zero-order valence-electron chi connectivity index (χ0n) is 14.9. The molecule has 1 aromatic heterocycles. The van der Waals surface area contributed by atoms with E-state index < -0.39 is 0 Å². The lowest BCUT2D eigenvalue weighted by Crippen LogP contribution is -2.12. The number of rotatable bonds is 7. The number of unbranched alkanes of at least 4 members (excludes halogenated alkanes) is 3. The topological polar surface area (TPSA) is 34.2 Å². The van der Waals surface area contributed by atoms with Crippen molar-refractivity contribution in [2.45, 2.75) is 58.3 Å². The summed E-state index contributed by atoms with van der Waals surface area (Å²) in [4.78, 5) is 4.91. The van der Waals surface area contributed by atoms with Gasteiger partial charge in [-0.1, -0.05) is 26.2 Å². The first-order valence-corrected chi connectivity index (χ1v) is 9.07. The second kappa shape index (κ2) is 9.12. The average Bonchev–Trinajstić information content (AvgIpc) is 2.60. The molecule has 3 rings (SSSR count). The van der Waals surface area contributed by atoms with Crippen molar-refractivity contribution in [1.29, 1.82) is 0 Å². The summed E-state index contributed by atoms with van der Waals surface area (Å²) in [6.45, 7) is 3.30. The highest BCUT2D eigenvalue weighted by atomic mass is 35.5. The number of hydrogen-bond donors (Lipinski definition) is 1. The van der Waals surface area contributed by atoms with Crippen LogP contribution in [0.4, 0.5) is 5.69 Å². The van der Waals surface area contributed by atoms with E-state index in [0.29, 0.717) is 0 Å². The van der Waals surface area contributed by atoms with Gasteiger partial charge in [0, 0.05) is 23.3 Å². The van der Waals surface area contributed by atoms with Crippen LogP contribution < -0.4 is 10.1 Å². The van der Waals surface area contributed by atoms with Gasteiger partial charge in [0.1, 0.15) is 5.75 Å². The Morgan fingerprint density at radius 2 is 1.96 bits per heavy atom. The molecule has 0 saturated heterocycles. The minimum atomic E-state index is 0. The molecule has 1 aliphatic carbocycles. The molecule has 0 spiro atoms. The van der Waals surface area contributed by atoms with Gasteiger partial charge in [-0.2, -0.15) is 0 Å². The molecule has 0 bridgehead atoms. The Balaban J connectivity index is 0.00000208. The predicted octanol–water partition coefficient (Wildman–Crippen LogP) is 5.54. The summed E-state index contributed by atoms with van der Waals surface area (Å²) in [6, 6.07) is 6.23. The van der Waals surface area contributed by atoms with Crippen molar-refractivity contribution in [1.82, 2.24) is 4.98 Å². The number of pyridine rings is 1. The van der Waals surface area contributed by atoms with E-state index in [1.165, 1.54) is 60.9 Å². The molecule has 1 aromatic carbocycles. The van der Waals surface area contributed by atoms with E-state index in [1.54, 1.807) is 7.11 Å². The summed E-state index contributed by atoms with van der Waals surface area (Å²) >= 11 is 0. The average molecular weight is 349 g/mol. The number of ether oxygens (including phenoxy) is 1. The number of fused-ring (bicyclic) bond motifs is 2. The maximum absolute atomic E-state index is 5.42. The molecule has 4 heteroatoms. The van der Waals surface area contributed by atoms with Crippen molar-refractivity contribution in [3.05, 3.63) is 29.5 Å². The van der Waals surface area contributed by atoms with Gasteiger partial charge in [-0.05, 0) is 55.9 Å². The summed E-state index contributed by atoms with van der Waals surface area (Å²) in [6.07, 6.45) is 9.94. The number of nitrogens with one attached hydrogen (secondary N) is 1. The normalized spacial score (nSPS) is 13.2. The van der Waals surface area contributed by atoms with Crippen LogP contribution in [-0.4, -0.2) is 18.6 Å². The van der Waals surface area contributed by atoms with Gasteiger partial charge in [-0.3, -0.25) is 4.98 Å². The van der Waals surface area contributed by atoms with E-state index in [9.17, 15) is 0 Å². The van der Waals surface area contributed by atoms with Crippen LogP contribution in [0.5, 0.6) is 5.75 Å². The molecule has 0 saturated carbocycles. The highest BCUT2D eigenvalue weighted by Crippen LogP contribution is 2.35. The molecule has 132 valence electrons. The van der Waals surface area contributed by atoms with Crippen LogP contribution in [0.3, 0.4) is 0 Å². The Bertz CT molecular complexity index is 672.